The van der Waals surface area contributed by atoms with E-state index in [0.717, 1.165) is 25.2 Å². The summed E-state index contributed by atoms with van der Waals surface area (Å²) < 4.78 is 45.8. The molecule has 1 N–H and O–H groups in total. The monoisotopic (exact) mass is 513 g/mol. The van der Waals surface area contributed by atoms with Crippen molar-refractivity contribution in [2.75, 3.05) is 26.7 Å². The fourth-order valence-electron chi connectivity index (χ4n) is 3.18. The first-order valence-electron chi connectivity index (χ1n) is 9.64. The summed E-state index contributed by atoms with van der Waals surface area (Å²) in [6, 6.07) is 6.40. The lowest BCUT2D eigenvalue weighted by molar-refractivity contribution is 0.0692. The Morgan fingerprint density at radius 3 is 2.48 bits per heavy atom. The van der Waals surface area contributed by atoms with Crippen LogP contribution in [0, 0.1) is 5.82 Å². The number of benzene rings is 2. The van der Waals surface area contributed by atoms with Crippen LogP contribution in [0.3, 0.4) is 0 Å². The van der Waals surface area contributed by atoms with Crippen LogP contribution in [-0.4, -0.2) is 51.1 Å². The highest BCUT2D eigenvalue weighted by Crippen LogP contribution is 2.34. The zero-order valence-corrected chi connectivity index (χ0v) is 20.0. The highest BCUT2D eigenvalue weighted by molar-refractivity contribution is 9.10. The molecule has 2 rings (SSSR count). The SMILES string of the molecule is CCN(CC)C/C=C/c1cc(F)ccc1S(=O)(=O)Cc1ccc(Br)c(OC)c1C(=O)O. The van der Waals surface area contributed by atoms with Crippen molar-refractivity contribution in [3.8, 4) is 5.75 Å². The van der Waals surface area contributed by atoms with Crippen LogP contribution in [0.2, 0.25) is 0 Å². The summed E-state index contributed by atoms with van der Waals surface area (Å²) in [4.78, 5) is 13.8. The number of aromatic carboxylic acids is 1. The van der Waals surface area contributed by atoms with Crippen LogP contribution in [-0.2, 0) is 15.6 Å². The van der Waals surface area contributed by atoms with Crippen LogP contribution in [0.25, 0.3) is 6.08 Å². The van der Waals surface area contributed by atoms with Gasteiger partial charge in [0, 0.05) is 6.54 Å². The molecule has 0 aliphatic carbocycles. The predicted molar refractivity (Wildman–Crippen MR) is 122 cm³/mol. The Kier molecular flexibility index (Phi) is 8.79. The van der Waals surface area contributed by atoms with Crippen LogP contribution < -0.4 is 4.74 Å². The molecule has 0 aromatic heterocycles. The third kappa shape index (κ3) is 6.15. The van der Waals surface area contributed by atoms with Crippen molar-refractivity contribution in [2.24, 2.45) is 0 Å². The molecule has 31 heavy (non-hydrogen) atoms. The van der Waals surface area contributed by atoms with Gasteiger partial charge in [0.15, 0.2) is 9.84 Å². The van der Waals surface area contributed by atoms with Crippen LogP contribution in [0.4, 0.5) is 4.39 Å². The lowest BCUT2D eigenvalue weighted by Gasteiger charge is -2.15. The molecule has 9 heteroatoms. The number of rotatable bonds is 10. The first kappa shape index (κ1) is 25.0. The average molecular weight is 514 g/mol. The summed E-state index contributed by atoms with van der Waals surface area (Å²) in [5.74, 6) is -2.39. The van der Waals surface area contributed by atoms with Crippen molar-refractivity contribution in [3.63, 3.8) is 0 Å². The van der Waals surface area contributed by atoms with Gasteiger partial charge < -0.3 is 14.7 Å². The van der Waals surface area contributed by atoms with Crippen molar-refractivity contribution in [1.82, 2.24) is 4.90 Å². The smallest absolute Gasteiger partial charge is 0.339 e. The van der Waals surface area contributed by atoms with Crippen molar-refractivity contribution in [1.29, 1.82) is 0 Å². The van der Waals surface area contributed by atoms with E-state index in [1.54, 1.807) is 12.2 Å². The molecule has 0 saturated heterocycles. The molecule has 168 valence electrons. The zero-order valence-electron chi connectivity index (χ0n) is 17.6. The van der Waals surface area contributed by atoms with E-state index in [1.165, 1.54) is 25.3 Å². The molecule has 0 aliphatic rings. The van der Waals surface area contributed by atoms with E-state index < -0.39 is 27.4 Å². The van der Waals surface area contributed by atoms with Gasteiger partial charge in [-0.2, -0.15) is 0 Å². The Labute approximate surface area is 190 Å². The molecule has 0 heterocycles. The molecule has 6 nitrogen and oxygen atoms in total. The molecular formula is C22H25BrFNO5S. The standard InChI is InChI=1S/C22H25BrFNO5S/c1-4-25(5-2)12-6-7-15-13-17(24)9-11-19(15)31(28,29)14-16-8-10-18(23)21(30-3)20(16)22(26)27/h6-11,13H,4-5,12,14H2,1-3H3,(H,26,27)/b7-6+. The van der Waals surface area contributed by atoms with E-state index in [1.807, 2.05) is 13.8 Å². The first-order chi connectivity index (χ1) is 14.6. The van der Waals surface area contributed by atoms with E-state index in [2.05, 4.69) is 20.8 Å². The van der Waals surface area contributed by atoms with E-state index in [-0.39, 0.29) is 27.3 Å². The second-order valence-electron chi connectivity index (χ2n) is 6.75. The number of sulfone groups is 1. The average Bonchev–Trinajstić information content (AvgIpc) is 2.71. The van der Waals surface area contributed by atoms with Gasteiger partial charge in [-0.1, -0.05) is 32.1 Å². The first-order valence-corrected chi connectivity index (χ1v) is 12.1. The normalized spacial score (nSPS) is 11.9. The predicted octanol–water partition coefficient (Wildman–Crippen LogP) is 4.62. The number of nitrogens with zero attached hydrogens (tertiary/aromatic N) is 1. The van der Waals surface area contributed by atoms with Gasteiger partial charge in [-0.15, -0.1) is 0 Å². The number of methoxy groups -OCH3 is 1. The minimum atomic E-state index is -3.98. The van der Waals surface area contributed by atoms with Gasteiger partial charge in [-0.3, -0.25) is 0 Å². The molecule has 0 atom stereocenters. The highest BCUT2D eigenvalue weighted by Gasteiger charge is 2.25. The number of ether oxygens (including phenoxy) is 1. The molecule has 2 aromatic rings. The second-order valence-corrected chi connectivity index (χ2v) is 9.56. The van der Waals surface area contributed by atoms with Crippen molar-refractivity contribution < 1.29 is 27.4 Å². The van der Waals surface area contributed by atoms with Gasteiger partial charge >= 0.3 is 5.97 Å². The Morgan fingerprint density at radius 2 is 1.90 bits per heavy atom. The molecule has 0 radical (unpaired) electrons. The lowest BCUT2D eigenvalue weighted by atomic mass is 10.1. The molecule has 0 amide bonds. The van der Waals surface area contributed by atoms with Crippen molar-refractivity contribution in [2.45, 2.75) is 24.5 Å². The number of carbonyl (C=O) groups is 1. The van der Waals surface area contributed by atoms with E-state index in [0.29, 0.717) is 11.0 Å². The third-order valence-electron chi connectivity index (χ3n) is 4.82. The van der Waals surface area contributed by atoms with E-state index in [4.69, 9.17) is 4.74 Å². The van der Waals surface area contributed by atoms with Gasteiger partial charge in [0.25, 0.3) is 0 Å². The number of likely N-dealkylation sites (N-methyl/N-ethyl adjacent to an activating group) is 1. The Balaban J connectivity index is 2.48. The maximum Gasteiger partial charge on any atom is 0.339 e. The van der Waals surface area contributed by atoms with Crippen molar-refractivity contribution >= 4 is 37.8 Å². The van der Waals surface area contributed by atoms with E-state index in [9.17, 15) is 22.7 Å². The van der Waals surface area contributed by atoms with Gasteiger partial charge in [0.2, 0.25) is 0 Å². The number of hydrogen-bond acceptors (Lipinski definition) is 5. The van der Waals surface area contributed by atoms with Gasteiger partial charge in [0.1, 0.15) is 17.1 Å². The summed E-state index contributed by atoms with van der Waals surface area (Å²) in [6.07, 6.45) is 3.36. The Morgan fingerprint density at radius 1 is 1.23 bits per heavy atom. The quantitative estimate of drug-likeness (QED) is 0.466. The van der Waals surface area contributed by atoms with Crippen LogP contribution >= 0.6 is 15.9 Å². The largest absolute Gasteiger partial charge is 0.495 e. The van der Waals surface area contributed by atoms with Gasteiger partial charge in [-0.25, -0.2) is 17.6 Å². The maximum absolute atomic E-state index is 13.9. The highest BCUT2D eigenvalue weighted by atomic mass is 79.9. The van der Waals surface area contributed by atoms with Crippen LogP contribution in [0.15, 0.2) is 45.8 Å². The second kappa shape index (κ2) is 10.9. The Hall–Kier alpha value is -2.23. The fraction of sp³-hybridized carbons (Fsp3) is 0.318. The zero-order chi connectivity index (χ0) is 23.2. The maximum atomic E-state index is 13.9. The third-order valence-corrected chi connectivity index (χ3v) is 7.18. The topological polar surface area (TPSA) is 83.9 Å². The molecular weight excluding hydrogens is 489 g/mol. The molecule has 0 spiro atoms. The minimum absolute atomic E-state index is 0.0404. The van der Waals surface area contributed by atoms with Crippen LogP contribution in [0.1, 0.15) is 35.3 Å². The lowest BCUT2D eigenvalue weighted by Crippen LogP contribution is -2.22. The molecule has 2 aromatic carbocycles. The number of carboxylic acid groups (broad SMARTS) is 1. The van der Waals surface area contributed by atoms with Gasteiger partial charge in [-0.05, 0) is 64.4 Å². The molecule has 0 saturated carbocycles. The molecule has 0 bridgehead atoms. The molecule has 0 fully saturated rings. The number of carboxylic acids is 1. The Bertz CT molecular complexity index is 1080. The van der Waals surface area contributed by atoms with Gasteiger partial charge in [0.05, 0.1) is 22.2 Å². The summed E-state index contributed by atoms with van der Waals surface area (Å²) >= 11 is 3.21. The van der Waals surface area contributed by atoms with Crippen molar-refractivity contribution in [3.05, 3.63) is 63.4 Å². The summed E-state index contributed by atoms with van der Waals surface area (Å²) in [5.41, 5.74) is 0.0595. The molecule has 0 aliphatic heterocycles. The minimum Gasteiger partial charge on any atom is -0.495 e. The number of halogens is 2. The van der Waals surface area contributed by atoms with Crippen LogP contribution in [0.5, 0.6) is 5.75 Å². The molecule has 0 unspecified atom stereocenters. The summed E-state index contributed by atoms with van der Waals surface area (Å²) in [7, 11) is -2.67. The fourth-order valence-corrected chi connectivity index (χ4v) is 5.24. The summed E-state index contributed by atoms with van der Waals surface area (Å²) in [6.45, 7) is 6.29. The number of hydrogen-bond donors (Lipinski definition) is 1. The van der Waals surface area contributed by atoms with E-state index >= 15 is 0 Å². The summed E-state index contributed by atoms with van der Waals surface area (Å²) in [5, 5.41) is 9.61.